The number of aryl methyl sites for hydroxylation is 3. The minimum Gasteiger partial charge on any atom is -0.465 e. The number of hydrogen-bond donors (Lipinski definition) is 0. The number of rotatable bonds is 8. The first-order valence-electron chi connectivity index (χ1n) is 8.69. The molecular weight excluding hydrogens is 391 g/mol. The molecule has 0 unspecified atom stereocenters. The number of sulfonamides is 1. The summed E-state index contributed by atoms with van der Waals surface area (Å²) in [6, 6.07) is 3.64. The Bertz CT molecular complexity index is 912. The van der Waals surface area contributed by atoms with E-state index in [1.807, 2.05) is 6.07 Å². The van der Waals surface area contributed by atoms with Gasteiger partial charge in [0.25, 0.3) is 10.0 Å². The second-order valence-electron chi connectivity index (χ2n) is 6.56. The van der Waals surface area contributed by atoms with E-state index in [1.54, 1.807) is 18.4 Å². The number of ether oxygens (including phenoxy) is 2. The van der Waals surface area contributed by atoms with Crippen molar-refractivity contribution in [3.05, 3.63) is 34.3 Å². The average molecular weight is 415 g/mol. The number of fused-ring (bicyclic) bond motifs is 1. The van der Waals surface area contributed by atoms with Gasteiger partial charge >= 0.3 is 0 Å². The summed E-state index contributed by atoms with van der Waals surface area (Å²) in [7, 11) is -2.52. The number of alkyl halides is 1. The average Bonchev–Trinajstić information content (AvgIpc) is 3.25. The lowest BCUT2D eigenvalue weighted by Crippen LogP contribution is -2.36. The molecular formula is C18H23FN2O4S2. The Hall–Kier alpha value is -1.71. The fraction of sp³-hybridized carbons (Fsp3) is 0.500. The van der Waals surface area contributed by atoms with Gasteiger partial charge in [-0.15, -0.1) is 11.3 Å². The van der Waals surface area contributed by atoms with Crippen molar-refractivity contribution in [2.45, 2.75) is 43.6 Å². The van der Waals surface area contributed by atoms with Crippen LogP contribution in [0.5, 0.6) is 5.75 Å². The number of thiazole rings is 1. The van der Waals surface area contributed by atoms with Crippen molar-refractivity contribution in [1.29, 1.82) is 0 Å². The van der Waals surface area contributed by atoms with E-state index in [0.717, 1.165) is 46.0 Å². The summed E-state index contributed by atoms with van der Waals surface area (Å²) in [5.41, 5.74) is 3.12. The maximum Gasteiger partial charge on any atom is 0.291 e. The third kappa shape index (κ3) is 4.25. The van der Waals surface area contributed by atoms with E-state index in [9.17, 15) is 12.8 Å². The van der Waals surface area contributed by atoms with E-state index in [4.69, 9.17) is 9.47 Å². The summed E-state index contributed by atoms with van der Waals surface area (Å²) >= 11 is 1.03. The van der Waals surface area contributed by atoms with Crippen molar-refractivity contribution >= 4 is 27.0 Å². The van der Waals surface area contributed by atoms with Gasteiger partial charge < -0.3 is 9.47 Å². The molecule has 0 saturated heterocycles. The van der Waals surface area contributed by atoms with E-state index in [0.29, 0.717) is 17.1 Å². The Morgan fingerprint density at radius 1 is 1.33 bits per heavy atom. The maximum absolute atomic E-state index is 14.0. The van der Waals surface area contributed by atoms with E-state index in [2.05, 4.69) is 4.98 Å². The van der Waals surface area contributed by atoms with Gasteiger partial charge in [-0.25, -0.2) is 9.37 Å². The summed E-state index contributed by atoms with van der Waals surface area (Å²) in [5.74, 6) is 0.370. The van der Waals surface area contributed by atoms with Gasteiger partial charge in [0, 0.05) is 18.2 Å². The number of halogens is 1. The highest BCUT2D eigenvalue weighted by Crippen LogP contribution is 2.38. The number of hydrogen-bond acceptors (Lipinski definition) is 6. The molecule has 1 heterocycles. The van der Waals surface area contributed by atoms with Gasteiger partial charge in [-0.3, -0.25) is 4.31 Å². The predicted octanol–water partition coefficient (Wildman–Crippen LogP) is 3.48. The molecule has 1 aromatic carbocycles. The van der Waals surface area contributed by atoms with Crippen LogP contribution < -0.4 is 9.04 Å². The molecule has 0 fully saturated rings. The maximum atomic E-state index is 14.0. The molecule has 1 aliphatic carbocycles. The van der Waals surface area contributed by atoms with Crippen LogP contribution in [0, 0.1) is 6.92 Å². The molecule has 0 bridgehead atoms. The fourth-order valence-corrected chi connectivity index (χ4v) is 5.79. The van der Waals surface area contributed by atoms with Crippen LogP contribution in [-0.2, 0) is 27.6 Å². The number of benzene rings is 1. The number of methoxy groups -OCH3 is 1. The van der Waals surface area contributed by atoms with Gasteiger partial charge in [-0.05, 0) is 56.4 Å². The summed E-state index contributed by atoms with van der Waals surface area (Å²) in [6.45, 7) is 2.71. The Morgan fingerprint density at radius 2 is 2.04 bits per heavy atom. The van der Waals surface area contributed by atoms with E-state index < -0.39 is 16.2 Å². The zero-order valence-corrected chi connectivity index (χ0v) is 17.2. The smallest absolute Gasteiger partial charge is 0.291 e. The van der Waals surface area contributed by atoms with E-state index in [1.165, 1.54) is 14.0 Å². The Morgan fingerprint density at radius 3 is 2.63 bits per heavy atom. The van der Waals surface area contributed by atoms with Crippen molar-refractivity contribution in [2.24, 2.45) is 0 Å². The van der Waals surface area contributed by atoms with E-state index >= 15 is 0 Å². The fourth-order valence-electron chi connectivity index (χ4n) is 3.12. The van der Waals surface area contributed by atoms with Crippen molar-refractivity contribution in [1.82, 2.24) is 4.98 Å². The van der Waals surface area contributed by atoms with E-state index in [-0.39, 0.29) is 17.7 Å². The minimum atomic E-state index is -4.01. The SMILES string of the molecule is COCOc1cc2c(cc1N(C[C@H](C)F)S(=O)(=O)c1nc(C)cs1)CCC2. The van der Waals surface area contributed by atoms with Gasteiger partial charge in [0.05, 0.1) is 12.2 Å². The number of aromatic nitrogens is 1. The molecule has 0 N–H and O–H groups in total. The Balaban J connectivity index is 2.12. The molecule has 0 saturated carbocycles. The zero-order valence-electron chi connectivity index (χ0n) is 15.6. The lowest BCUT2D eigenvalue weighted by molar-refractivity contribution is 0.0514. The van der Waals surface area contributed by atoms with Gasteiger partial charge in [0.15, 0.2) is 6.79 Å². The topological polar surface area (TPSA) is 68.7 Å². The Kier molecular flexibility index (Phi) is 6.02. The van der Waals surface area contributed by atoms with Crippen LogP contribution in [0.3, 0.4) is 0 Å². The van der Waals surface area contributed by atoms with Gasteiger partial charge in [0.2, 0.25) is 4.34 Å². The summed E-state index contributed by atoms with van der Waals surface area (Å²) in [5, 5.41) is 1.66. The van der Waals surface area contributed by atoms with Crippen LogP contribution in [0.15, 0.2) is 21.9 Å². The summed E-state index contributed by atoms with van der Waals surface area (Å²) < 4.78 is 52.0. The second kappa shape index (κ2) is 8.12. The Labute approximate surface area is 163 Å². The van der Waals surface area contributed by atoms with Crippen LogP contribution >= 0.6 is 11.3 Å². The lowest BCUT2D eigenvalue weighted by atomic mass is 10.1. The van der Waals surface area contributed by atoms with Crippen LogP contribution in [0.2, 0.25) is 0 Å². The van der Waals surface area contributed by atoms with Gasteiger partial charge in [0.1, 0.15) is 11.9 Å². The monoisotopic (exact) mass is 414 g/mol. The predicted molar refractivity (Wildman–Crippen MR) is 103 cm³/mol. The van der Waals surface area contributed by atoms with Crippen molar-refractivity contribution < 1.29 is 22.3 Å². The molecule has 0 aliphatic heterocycles. The number of nitrogens with zero attached hydrogens (tertiary/aromatic N) is 2. The molecule has 1 atom stereocenters. The molecule has 148 valence electrons. The highest BCUT2D eigenvalue weighted by Gasteiger charge is 2.32. The molecule has 6 nitrogen and oxygen atoms in total. The molecule has 27 heavy (non-hydrogen) atoms. The molecule has 1 aliphatic rings. The summed E-state index contributed by atoms with van der Waals surface area (Å²) in [4.78, 5) is 4.10. The number of anilines is 1. The second-order valence-corrected chi connectivity index (χ2v) is 9.46. The standard InChI is InChI=1S/C18H23FN2O4S2/c1-12(19)9-21(27(22,23)18-20-13(2)10-26-18)16-7-14-5-4-6-15(14)8-17(16)25-11-24-3/h7-8,10,12H,4-6,9,11H2,1-3H3/t12-/m0/s1. The first kappa shape index (κ1) is 20.0. The minimum absolute atomic E-state index is 0.0266. The molecule has 9 heteroatoms. The van der Waals surface area contributed by atoms with Gasteiger partial charge in [-0.1, -0.05) is 0 Å². The third-order valence-corrected chi connectivity index (χ3v) is 7.43. The van der Waals surface area contributed by atoms with Crippen LogP contribution in [0.4, 0.5) is 10.1 Å². The molecule has 0 radical (unpaired) electrons. The highest BCUT2D eigenvalue weighted by molar-refractivity contribution is 7.94. The first-order chi connectivity index (χ1) is 12.8. The van der Waals surface area contributed by atoms with Crippen molar-refractivity contribution in [3.8, 4) is 5.75 Å². The van der Waals surface area contributed by atoms with Crippen molar-refractivity contribution in [3.63, 3.8) is 0 Å². The van der Waals surface area contributed by atoms with Gasteiger partial charge in [-0.2, -0.15) is 8.42 Å². The zero-order chi connectivity index (χ0) is 19.6. The largest absolute Gasteiger partial charge is 0.465 e. The highest BCUT2D eigenvalue weighted by atomic mass is 32.2. The lowest BCUT2D eigenvalue weighted by Gasteiger charge is -2.26. The van der Waals surface area contributed by atoms with Crippen molar-refractivity contribution in [2.75, 3.05) is 24.8 Å². The molecule has 3 rings (SSSR count). The molecule has 1 aromatic heterocycles. The molecule has 0 spiro atoms. The van der Waals surface area contributed by atoms with Crippen LogP contribution in [0.1, 0.15) is 30.2 Å². The quantitative estimate of drug-likeness (QED) is 0.619. The summed E-state index contributed by atoms with van der Waals surface area (Å²) in [6.07, 6.45) is 1.42. The van der Waals surface area contributed by atoms with Crippen LogP contribution in [0.25, 0.3) is 0 Å². The normalized spacial score (nSPS) is 14.8. The molecule has 2 aromatic rings. The first-order valence-corrected chi connectivity index (χ1v) is 11.0. The van der Waals surface area contributed by atoms with Crippen LogP contribution in [-0.4, -0.2) is 40.0 Å². The molecule has 0 amide bonds. The third-order valence-electron chi connectivity index (χ3n) is 4.30.